The van der Waals surface area contributed by atoms with Crippen LogP contribution in [0, 0.1) is 12.8 Å². The van der Waals surface area contributed by atoms with Crippen LogP contribution in [-0.2, 0) is 17.4 Å². The maximum absolute atomic E-state index is 13.2. The molecule has 1 amide bonds. The molecule has 2 atom stereocenters. The molecule has 1 aliphatic carbocycles. The van der Waals surface area contributed by atoms with Gasteiger partial charge in [-0.2, -0.15) is 10.1 Å². The third-order valence-electron chi connectivity index (χ3n) is 5.73. The fourth-order valence-electron chi connectivity index (χ4n) is 4.32. The molecule has 1 saturated heterocycles. The fourth-order valence-corrected chi connectivity index (χ4v) is 4.32. The van der Waals surface area contributed by atoms with Crippen LogP contribution in [0.25, 0.3) is 0 Å². The van der Waals surface area contributed by atoms with Gasteiger partial charge < -0.3 is 15.2 Å². The molecular weight excluding hydrogens is 368 g/mol. The van der Waals surface area contributed by atoms with Gasteiger partial charge in [-0.15, -0.1) is 12.4 Å². The van der Waals surface area contributed by atoms with Crippen LogP contribution in [0.4, 0.5) is 0 Å². The molecule has 1 saturated carbocycles. The second-order valence-corrected chi connectivity index (χ2v) is 7.59. The molecule has 9 heteroatoms. The summed E-state index contributed by atoms with van der Waals surface area (Å²) >= 11 is 0. The van der Waals surface area contributed by atoms with Crippen LogP contribution in [0.3, 0.4) is 0 Å². The second-order valence-electron chi connectivity index (χ2n) is 7.59. The Hall–Kier alpha value is -1.93. The summed E-state index contributed by atoms with van der Waals surface area (Å²) in [7, 11) is 1.90. The van der Waals surface area contributed by atoms with E-state index in [0.29, 0.717) is 18.3 Å². The number of carbonyl (C=O) groups excluding carboxylic acids is 1. The highest BCUT2D eigenvalue weighted by atomic mass is 35.5. The fraction of sp³-hybridized carbons (Fsp3) is 0.667. The monoisotopic (exact) mass is 394 g/mol. The molecule has 1 aliphatic heterocycles. The molecule has 0 aromatic carbocycles. The molecular formula is C18H27ClN6O2. The van der Waals surface area contributed by atoms with Crippen molar-refractivity contribution in [3.8, 4) is 0 Å². The van der Waals surface area contributed by atoms with E-state index in [1.807, 2.05) is 19.4 Å². The Morgan fingerprint density at radius 3 is 2.74 bits per heavy atom. The maximum Gasteiger partial charge on any atom is 0.225 e. The van der Waals surface area contributed by atoms with E-state index in [4.69, 9.17) is 4.52 Å². The topological polar surface area (TPSA) is 97.9 Å². The minimum Gasteiger partial charge on any atom is -0.343 e. The lowest BCUT2D eigenvalue weighted by Gasteiger charge is -2.36. The van der Waals surface area contributed by atoms with Gasteiger partial charge in [-0.25, -0.2) is 0 Å². The number of nitrogens with one attached hydrogen (secondary N) is 2. The number of hydrogen-bond acceptors (Lipinski definition) is 6. The molecule has 148 valence electrons. The van der Waals surface area contributed by atoms with Crippen LogP contribution < -0.4 is 10.6 Å². The average Bonchev–Trinajstić information content (AvgIpc) is 3.35. The van der Waals surface area contributed by atoms with Crippen LogP contribution in [0.15, 0.2) is 16.9 Å². The van der Waals surface area contributed by atoms with E-state index in [1.165, 1.54) is 6.42 Å². The van der Waals surface area contributed by atoms with Crippen LogP contribution >= 0.6 is 12.4 Å². The molecule has 0 radical (unpaired) electrons. The minimum atomic E-state index is -0.505. The van der Waals surface area contributed by atoms with Gasteiger partial charge in [0.25, 0.3) is 0 Å². The zero-order valence-corrected chi connectivity index (χ0v) is 16.6. The standard InChI is InChI=1S/C18H26N6O2.ClH/c1-12-21-17(23-26-12)18(6-4-3-5-7-18)22-16(25)15-10-19-9-14(15)13-8-20-24(2)11-13;/h8,11,14-15,19H,3-7,9-10H2,1-2H3,(H,22,25);1H/t14-,15+;/m1./s1. The van der Waals surface area contributed by atoms with Crippen LogP contribution in [0.1, 0.15) is 55.3 Å². The molecule has 3 heterocycles. The first-order valence-corrected chi connectivity index (χ1v) is 9.39. The largest absolute Gasteiger partial charge is 0.343 e. The van der Waals surface area contributed by atoms with E-state index in [-0.39, 0.29) is 30.2 Å². The third kappa shape index (κ3) is 3.87. The van der Waals surface area contributed by atoms with Crippen LogP contribution in [0.2, 0.25) is 0 Å². The first-order valence-electron chi connectivity index (χ1n) is 9.39. The summed E-state index contributed by atoms with van der Waals surface area (Å²) in [5.74, 6) is 1.23. The highest BCUT2D eigenvalue weighted by Crippen LogP contribution is 2.37. The quantitative estimate of drug-likeness (QED) is 0.820. The minimum absolute atomic E-state index is 0. The zero-order chi connectivity index (χ0) is 18.1. The van der Waals surface area contributed by atoms with E-state index >= 15 is 0 Å². The van der Waals surface area contributed by atoms with Crippen molar-refractivity contribution < 1.29 is 9.32 Å². The Balaban J connectivity index is 0.00000210. The van der Waals surface area contributed by atoms with E-state index in [2.05, 4.69) is 25.9 Å². The lowest BCUT2D eigenvalue weighted by atomic mass is 9.80. The van der Waals surface area contributed by atoms with Gasteiger partial charge in [0.2, 0.25) is 11.8 Å². The van der Waals surface area contributed by atoms with Gasteiger partial charge in [-0.3, -0.25) is 9.48 Å². The SMILES string of the molecule is Cc1nc(C2(NC(=O)[C@H]3CNC[C@@H]3c3cnn(C)c3)CCCCC2)no1.Cl. The van der Waals surface area contributed by atoms with Crippen molar-refractivity contribution in [2.45, 2.75) is 50.5 Å². The summed E-state index contributed by atoms with van der Waals surface area (Å²) in [6.07, 6.45) is 8.86. The number of hydrogen-bond donors (Lipinski definition) is 2. The molecule has 2 aromatic rings. The molecule has 2 aromatic heterocycles. The predicted molar refractivity (Wildman–Crippen MR) is 101 cm³/mol. The average molecular weight is 395 g/mol. The number of carbonyl (C=O) groups is 1. The Bertz CT molecular complexity index is 782. The van der Waals surface area contributed by atoms with Crippen LogP contribution in [0.5, 0.6) is 0 Å². The van der Waals surface area contributed by atoms with Gasteiger partial charge in [0.15, 0.2) is 5.82 Å². The summed E-state index contributed by atoms with van der Waals surface area (Å²) in [6, 6.07) is 0. The Labute approximate surface area is 164 Å². The molecule has 0 unspecified atom stereocenters. The number of halogens is 1. The number of aryl methyl sites for hydroxylation is 2. The van der Waals surface area contributed by atoms with Crippen molar-refractivity contribution >= 4 is 18.3 Å². The molecule has 27 heavy (non-hydrogen) atoms. The molecule has 2 aliphatic rings. The van der Waals surface area contributed by atoms with Crippen molar-refractivity contribution in [3.63, 3.8) is 0 Å². The van der Waals surface area contributed by atoms with Gasteiger partial charge in [0.1, 0.15) is 5.54 Å². The Morgan fingerprint density at radius 2 is 2.11 bits per heavy atom. The summed E-state index contributed by atoms with van der Waals surface area (Å²) in [6.45, 7) is 3.25. The second kappa shape index (κ2) is 7.98. The van der Waals surface area contributed by atoms with Crippen molar-refractivity contribution in [1.29, 1.82) is 0 Å². The van der Waals surface area contributed by atoms with Crippen molar-refractivity contribution in [2.24, 2.45) is 13.0 Å². The van der Waals surface area contributed by atoms with Crippen molar-refractivity contribution in [2.75, 3.05) is 13.1 Å². The first kappa shape index (κ1) is 19.8. The zero-order valence-electron chi connectivity index (χ0n) is 15.8. The van der Waals surface area contributed by atoms with Gasteiger partial charge in [0.05, 0.1) is 12.1 Å². The third-order valence-corrected chi connectivity index (χ3v) is 5.73. The van der Waals surface area contributed by atoms with E-state index in [9.17, 15) is 4.79 Å². The van der Waals surface area contributed by atoms with E-state index < -0.39 is 5.54 Å². The van der Waals surface area contributed by atoms with Crippen molar-refractivity contribution in [1.82, 2.24) is 30.6 Å². The van der Waals surface area contributed by atoms with Crippen molar-refractivity contribution in [3.05, 3.63) is 29.7 Å². The molecule has 8 nitrogen and oxygen atoms in total. The molecule has 2 fully saturated rings. The first-order chi connectivity index (χ1) is 12.6. The summed E-state index contributed by atoms with van der Waals surface area (Å²) in [5.41, 5.74) is 0.598. The lowest BCUT2D eigenvalue weighted by molar-refractivity contribution is -0.127. The number of amides is 1. The Morgan fingerprint density at radius 1 is 1.33 bits per heavy atom. The number of aromatic nitrogens is 4. The van der Waals surface area contributed by atoms with Gasteiger partial charge in [-0.1, -0.05) is 24.4 Å². The summed E-state index contributed by atoms with van der Waals surface area (Å²) in [4.78, 5) is 17.7. The lowest BCUT2D eigenvalue weighted by Crippen LogP contribution is -2.50. The number of nitrogens with zero attached hydrogens (tertiary/aromatic N) is 4. The molecule has 0 bridgehead atoms. The molecule has 4 rings (SSSR count). The predicted octanol–water partition coefficient (Wildman–Crippen LogP) is 1.81. The maximum atomic E-state index is 13.2. The van der Waals surface area contributed by atoms with Gasteiger partial charge >= 0.3 is 0 Å². The molecule has 0 spiro atoms. The van der Waals surface area contributed by atoms with Gasteiger partial charge in [0, 0.05) is 39.2 Å². The molecule has 2 N–H and O–H groups in total. The van der Waals surface area contributed by atoms with E-state index in [0.717, 1.165) is 37.8 Å². The van der Waals surface area contributed by atoms with E-state index in [1.54, 1.807) is 11.6 Å². The normalized spacial score (nSPS) is 24.4. The summed E-state index contributed by atoms with van der Waals surface area (Å²) in [5, 5.41) is 15.1. The van der Waals surface area contributed by atoms with Crippen LogP contribution in [-0.4, -0.2) is 38.9 Å². The highest BCUT2D eigenvalue weighted by Gasteiger charge is 2.43. The number of rotatable bonds is 4. The summed E-state index contributed by atoms with van der Waals surface area (Å²) < 4.78 is 6.99. The smallest absolute Gasteiger partial charge is 0.225 e. The Kier molecular flexibility index (Phi) is 5.86. The highest BCUT2D eigenvalue weighted by molar-refractivity contribution is 5.85. The van der Waals surface area contributed by atoms with Gasteiger partial charge in [-0.05, 0) is 18.4 Å².